The lowest BCUT2D eigenvalue weighted by atomic mass is 10.2. The zero-order valence-corrected chi connectivity index (χ0v) is 17.4. The number of carbonyl (C=O) groups is 2. The number of ether oxygens (including phenoxy) is 4. The quantitative estimate of drug-likeness (QED) is 0.651. The molecule has 1 N–H and O–H groups in total. The van der Waals surface area contributed by atoms with Gasteiger partial charge in [-0.25, -0.2) is 4.79 Å². The third kappa shape index (κ3) is 6.41. The van der Waals surface area contributed by atoms with Gasteiger partial charge in [-0.1, -0.05) is 18.2 Å². The molecule has 0 radical (unpaired) electrons. The average molecular weight is 401 g/mol. The summed E-state index contributed by atoms with van der Waals surface area (Å²) in [6.07, 6.45) is -1.79. The van der Waals surface area contributed by atoms with Crippen molar-refractivity contribution in [3.8, 4) is 17.2 Å². The lowest BCUT2D eigenvalue weighted by Gasteiger charge is -2.18. The minimum absolute atomic E-state index is 0.260. The van der Waals surface area contributed by atoms with Crippen LogP contribution in [0.5, 0.6) is 17.2 Å². The predicted molar refractivity (Wildman–Crippen MR) is 108 cm³/mol. The standard InChI is InChI=1S/C22H27NO6/c1-14-7-6-8-18(11-14)28-16(3)22(25)29-15(2)21(24)23-13-17-9-10-19(26-4)20(12-17)27-5/h6-12,15-16H,13H2,1-5H3,(H,23,24)/t15-,16-/m0/s1. The molecule has 0 saturated heterocycles. The van der Waals surface area contributed by atoms with Crippen molar-refractivity contribution >= 4 is 11.9 Å². The highest BCUT2D eigenvalue weighted by Crippen LogP contribution is 2.27. The molecule has 0 aliphatic rings. The summed E-state index contributed by atoms with van der Waals surface area (Å²) >= 11 is 0. The predicted octanol–water partition coefficient (Wildman–Crippen LogP) is 3.03. The largest absolute Gasteiger partial charge is 0.493 e. The molecule has 0 unspecified atom stereocenters. The number of methoxy groups -OCH3 is 2. The maximum absolute atomic E-state index is 12.3. The number of benzene rings is 2. The molecule has 0 saturated carbocycles. The van der Waals surface area contributed by atoms with Crippen LogP contribution < -0.4 is 19.5 Å². The molecule has 0 fully saturated rings. The molecule has 156 valence electrons. The van der Waals surface area contributed by atoms with Crippen LogP contribution in [0.3, 0.4) is 0 Å². The van der Waals surface area contributed by atoms with E-state index in [0.29, 0.717) is 17.2 Å². The van der Waals surface area contributed by atoms with Gasteiger partial charge in [-0.05, 0) is 56.2 Å². The Labute approximate surface area is 170 Å². The fraction of sp³-hybridized carbons (Fsp3) is 0.364. The second-order valence-corrected chi connectivity index (χ2v) is 6.56. The first-order valence-electron chi connectivity index (χ1n) is 9.26. The van der Waals surface area contributed by atoms with E-state index >= 15 is 0 Å². The van der Waals surface area contributed by atoms with Crippen LogP contribution in [0.2, 0.25) is 0 Å². The molecule has 0 aliphatic heterocycles. The third-order valence-electron chi connectivity index (χ3n) is 4.21. The maximum Gasteiger partial charge on any atom is 0.347 e. The Bertz CT molecular complexity index is 851. The molecule has 1 amide bonds. The maximum atomic E-state index is 12.3. The Kier molecular flexibility index (Phi) is 7.88. The highest BCUT2D eigenvalue weighted by molar-refractivity contribution is 5.84. The van der Waals surface area contributed by atoms with Crippen molar-refractivity contribution < 1.29 is 28.5 Å². The first-order valence-corrected chi connectivity index (χ1v) is 9.26. The number of carbonyl (C=O) groups excluding carboxylic acids is 2. The van der Waals surface area contributed by atoms with E-state index in [0.717, 1.165) is 11.1 Å². The number of hydrogen-bond acceptors (Lipinski definition) is 6. The molecule has 29 heavy (non-hydrogen) atoms. The number of aryl methyl sites for hydroxylation is 1. The number of amides is 1. The summed E-state index contributed by atoms with van der Waals surface area (Å²) in [6.45, 7) is 5.29. The van der Waals surface area contributed by atoms with Crippen molar-refractivity contribution in [2.24, 2.45) is 0 Å². The molecular weight excluding hydrogens is 374 g/mol. The van der Waals surface area contributed by atoms with Gasteiger partial charge in [0, 0.05) is 6.54 Å². The van der Waals surface area contributed by atoms with Crippen LogP contribution in [0, 0.1) is 6.92 Å². The van der Waals surface area contributed by atoms with Crippen molar-refractivity contribution in [1.82, 2.24) is 5.32 Å². The van der Waals surface area contributed by atoms with Crippen LogP contribution in [0.4, 0.5) is 0 Å². The molecule has 0 spiro atoms. The van der Waals surface area contributed by atoms with E-state index < -0.39 is 24.1 Å². The molecule has 0 heterocycles. The summed E-state index contributed by atoms with van der Waals surface area (Å²) < 4.78 is 21.2. The van der Waals surface area contributed by atoms with Crippen LogP contribution in [-0.2, 0) is 20.9 Å². The van der Waals surface area contributed by atoms with E-state index in [1.165, 1.54) is 6.92 Å². The van der Waals surface area contributed by atoms with Gasteiger partial charge in [-0.2, -0.15) is 0 Å². The normalized spacial score (nSPS) is 12.4. The van der Waals surface area contributed by atoms with E-state index in [9.17, 15) is 9.59 Å². The Morgan fingerprint density at radius 1 is 0.966 bits per heavy atom. The third-order valence-corrected chi connectivity index (χ3v) is 4.21. The van der Waals surface area contributed by atoms with Gasteiger partial charge in [0.05, 0.1) is 14.2 Å². The summed E-state index contributed by atoms with van der Waals surface area (Å²) in [4.78, 5) is 24.5. The van der Waals surface area contributed by atoms with Gasteiger partial charge in [0.15, 0.2) is 23.7 Å². The zero-order chi connectivity index (χ0) is 21.4. The fourth-order valence-corrected chi connectivity index (χ4v) is 2.59. The van der Waals surface area contributed by atoms with E-state index in [1.54, 1.807) is 39.3 Å². The van der Waals surface area contributed by atoms with Crippen molar-refractivity contribution in [2.45, 2.75) is 39.5 Å². The first-order chi connectivity index (χ1) is 13.8. The summed E-state index contributed by atoms with van der Waals surface area (Å²) in [5, 5.41) is 2.74. The molecule has 0 aromatic heterocycles. The Morgan fingerprint density at radius 2 is 1.69 bits per heavy atom. The second kappa shape index (κ2) is 10.4. The first kappa shape index (κ1) is 22.1. The number of rotatable bonds is 9. The lowest BCUT2D eigenvalue weighted by molar-refractivity contribution is -0.160. The van der Waals surface area contributed by atoms with Crippen molar-refractivity contribution in [3.63, 3.8) is 0 Å². The van der Waals surface area contributed by atoms with Crippen LogP contribution in [0.25, 0.3) is 0 Å². The number of nitrogens with one attached hydrogen (secondary N) is 1. The van der Waals surface area contributed by atoms with Gasteiger partial charge in [0.2, 0.25) is 0 Å². The van der Waals surface area contributed by atoms with Crippen LogP contribution >= 0.6 is 0 Å². The van der Waals surface area contributed by atoms with Crippen molar-refractivity contribution in [2.75, 3.05) is 14.2 Å². The van der Waals surface area contributed by atoms with Gasteiger partial charge < -0.3 is 24.3 Å². The van der Waals surface area contributed by atoms with E-state index in [1.807, 2.05) is 31.2 Å². The molecule has 2 rings (SSSR count). The molecule has 0 bridgehead atoms. The highest BCUT2D eigenvalue weighted by atomic mass is 16.6. The van der Waals surface area contributed by atoms with E-state index in [-0.39, 0.29) is 6.54 Å². The van der Waals surface area contributed by atoms with Gasteiger partial charge >= 0.3 is 5.97 Å². The SMILES string of the molecule is COc1ccc(CNC(=O)[C@H](C)OC(=O)[C@H](C)Oc2cccc(C)c2)cc1OC. The number of hydrogen-bond donors (Lipinski definition) is 1. The Morgan fingerprint density at radius 3 is 2.34 bits per heavy atom. The van der Waals surface area contributed by atoms with E-state index in [2.05, 4.69) is 5.32 Å². The van der Waals surface area contributed by atoms with Gasteiger partial charge in [-0.3, -0.25) is 4.79 Å². The van der Waals surface area contributed by atoms with Gasteiger partial charge in [0.25, 0.3) is 5.91 Å². The minimum Gasteiger partial charge on any atom is -0.493 e. The fourth-order valence-electron chi connectivity index (χ4n) is 2.59. The van der Waals surface area contributed by atoms with Gasteiger partial charge in [0.1, 0.15) is 5.75 Å². The minimum atomic E-state index is -0.953. The topological polar surface area (TPSA) is 83.1 Å². The number of esters is 1. The summed E-state index contributed by atoms with van der Waals surface area (Å²) in [6, 6.07) is 12.7. The molecule has 0 aliphatic carbocycles. The lowest BCUT2D eigenvalue weighted by Crippen LogP contribution is -2.38. The second-order valence-electron chi connectivity index (χ2n) is 6.56. The Hall–Kier alpha value is -3.22. The van der Waals surface area contributed by atoms with Gasteiger partial charge in [-0.15, -0.1) is 0 Å². The zero-order valence-electron chi connectivity index (χ0n) is 17.4. The molecule has 2 aromatic rings. The summed E-state index contributed by atoms with van der Waals surface area (Å²) in [5.74, 6) is 0.726. The Balaban J connectivity index is 1.85. The summed E-state index contributed by atoms with van der Waals surface area (Å²) in [5.41, 5.74) is 1.84. The molecule has 7 nitrogen and oxygen atoms in total. The van der Waals surface area contributed by atoms with Crippen molar-refractivity contribution in [3.05, 3.63) is 53.6 Å². The smallest absolute Gasteiger partial charge is 0.347 e. The molecule has 2 atom stereocenters. The summed E-state index contributed by atoms with van der Waals surface area (Å²) in [7, 11) is 3.10. The van der Waals surface area contributed by atoms with Crippen molar-refractivity contribution in [1.29, 1.82) is 0 Å². The molecule has 2 aromatic carbocycles. The monoisotopic (exact) mass is 401 g/mol. The highest BCUT2D eigenvalue weighted by Gasteiger charge is 2.23. The molecule has 7 heteroatoms. The van der Waals surface area contributed by atoms with Crippen LogP contribution in [0.1, 0.15) is 25.0 Å². The molecular formula is C22H27NO6. The van der Waals surface area contributed by atoms with E-state index in [4.69, 9.17) is 18.9 Å². The average Bonchev–Trinajstić information content (AvgIpc) is 2.71. The van der Waals surface area contributed by atoms with Crippen LogP contribution in [0.15, 0.2) is 42.5 Å². The van der Waals surface area contributed by atoms with Crippen LogP contribution in [-0.4, -0.2) is 38.3 Å².